The third-order valence-corrected chi connectivity index (χ3v) is 4.27. The van der Waals surface area contributed by atoms with Crippen LogP contribution in [0.3, 0.4) is 0 Å². The second-order valence-electron chi connectivity index (χ2n) is 5.50. The standard InChI is InChI=1S/C19H20.3CO.Cr/c1-14-15(2)19-12-8-17(9-13-19)5-3-4-16-6-10-18(14)11-7-16;3*1-2;/h6-13H,3-5H2,1-2H3;;;;/q;;;;+6/b15-14-;;;;. The van der Waals surface area contributed by atoms with Crippen molar-refractivity contribution in [2.75, 3.05) is 0 Å². The van der Waals surface area contributed by atoms with E-state index in [2.05, 4.69) is 82.3 Å². The number of rotatable bonds is 0. The van der Waals surface area contributed by atoms with Crippen LogP contribution in [-0.4, -0.2) is 0 Å². The van der Waals surface area contributed by atoms with Gasteiger partial charge < -0.3 is 0 Å². The van der Waals surface area contributed by atoms with E-state index in [1.165, 1.54) is 52.7 Å². The molecule has 0 spiro atoms. The van der Waals surface area contributed by atoms with Gasteiger partial charge in [-0.1, -0.05) is 48.5 Å². The van der Waals surface area contributed by atoms with Crippen LogP contribution in [0.25, 0.3) is 11.1 Å². The quantitative estimate of drug-likeness (QED) is 0.453. The zero-order valence-electron chi connectivity index (χ0n) is 14.9. The van der Waals surface area contributed by atoms with Crippen molar-refractivity contribution in [3.63, 3.8) is 0 Å². The van der Waals surface area contributed by atoms with Crippen LogP contribution in [0.15, 0.2) is 48.5 Å². The summed E-state index contributed by atoms with van der Waals surface area (Å²) in [5.74, 6) is 0. The molecule has 0 heterocycles. The second kappa shape index (κ2) is 15.2. The van der Waals surface area contributed by atoms with E-state index in [-0.39, 0.29) is 17.4 Å². The SMILES string of the molecule is C/C1=C(\C)c2ccc(cc2)CCCc2ccc1cc2.[C-]#[O+].[C-]#[O+].[C-]#[O+].[Cr+6]. The summed E-state index contributed by atoms with van der Waals surface area (Å²) in [5, 5.41) is 0. The van der Waals surface area contributed by atoms with Gasteiger partial charge in [0.1, 0.15) is 0 Å². The van der Waals surface area contributed by atoms with Crippen molar-refractivity contribution in [1.82, 2.24) is 0 Å². The van der Waals surface area contributed by atoms with Gasteiger partial charge in [0.2, 0.25) is 0 Å². The summed E-state index contributed by atoms with van der Waals surface area (Å²) in [6.07, 6.45) is 3.57. The molecule has 4 aliphatic carbocycles. The Morgan fingerprint density at radius 1 is 0.577 bits per heavy atom. The molecular formula is C22H20CrO3+6. The molecule has 0 fully saturated rings. The number of hydrogen-bond acceptors (Lipinski definition) is 0. The fourth-order valence-electron chi connectivity index (χ4n) is 2.77. The smallest absolute Gasteiger partial charge is 6.00 e. The Bertz CT molecular complexity index is 666. The Hall–Kier alpha value is -2.07. The maximum atomic E-state index is 7.50. The Morgan fingerprint density at radius 2 is 0.846 bits per heavy atom. The summed E-state index contributed by atoms with van der Waals surface area (Å²) in [4.78, 5) is 0. The van der Waals surface area contributed by atoms with Gasteiger partial charge in [0.25, 0.3) is 0 Å². The van der Waals surface area contributed by atoms with E-state index in [0.717, 1.165) is 0 Å². The van der Waals surface area contributed by atoms with Crippen LogP contribution in [0.2, 0.25) is 0 Å². The summed E-state index contributed by atoms with van der Waals surface area (Å²) in [7, 11) is 0. The fourth-order valence-corrected chi connectivity index (χ4v) is 2.77. The first-order valence-electron chi connectivity index (χ1n) is 7.71. The molecule has 0 saturated heterocycles. The predicted octanol–water partition coefficient (Wildman–Crippen LogP) is 5.01. The Kier molecular flexibility index (Phi) is 15.3. The fraction of sp³-hybridized carbons (Fsp3) is 0.227. The third kappa shape index (κ3) is 7.44. The maximum absolute atomic E-state index is 7.50. The van der Waals surface area contributed by atoms with E-state index in [1.54, 1.807) is 0 Å². The van der Waals surface area contributed by atoms with Crippen molar-refractivity contribution in [2.45, 2.75) is 33.1 Å². The van der Waals surface area contributed by atoms with Crippen LogP contribution in [0, 0.1) is 20.0 Å². The molecule has 4 heteroatoms. The van der Waals surface area contributed by atoms with Crippen molar-refractivity contribution in [2.24, 2.45) is 0 Å². The molecule has 0 aromatic heterocycles. The molecule has 2 aromatic carbocycles. The van der Waals surface area contributed by atoms with Gasteiger partial charge >= 0.3 is 51.3 Å². The molecule has 6 rings (SSSR count). The monoisotopic (exact) mass is 384 g/mol. The van der Waals surface area contributed by atoms with Gasteiger partial charge in [-0.15, -0.1) is 0 Å². The minimum atomic E-state index is 0. The Labute approximate surface area is 166 Å². The van der Waals surface area contributed by atoms with Crippen molar-refractivity contribution >= 4 is 11.1 Å². The molecule has 3 nitrogen and oxygen atoms in total. The second-order valence-corrected chi connectivity index (χ2v) is 5.50. The van der Waals surface area contributed by atoms with E-state index < -0.39 is 0 Å². The maximum Gasteiger partial charge on any atom is 6.00 e. The van der Waals surface area contributed by atoms with Crippen LogP contribution in [0.1, 0.15) is 42.5 Å². The number of allylic oxidation sites excluding steroid dienone is 2. The summed E-state index contributed by atoms with van der Waals surface area (Å²) in [5.41, 5.74) is 8.32. The van der Waals surface area contributed by atoms with Crippen molar-refractivity contribution in [3.05, 3.63) is 90.7 Å². The Morgan fingerprint density at radius 3 is 1.12 bits per heavy atom. The van der Waals surface area contributed by atoms with Gasteiger partial charge in [0.05, 0.1) is 0 Å². The van der Waals surface area contributed by atoms with E-state index >= 15 is 0 Å². The van der Waals surface area contributed by atoms with Gasteiger partial charge in [-0.25, -0.2) is 0 Å². The summed E-state index contributed by atoms with van der Waals surface area (Å²) in [6, 6.07) is 18.2. The molecule has 0 unspecified atom stereocenters. The van der Waals surface area contributed by atoms with Crippen molar-refractivity contribution < 1.29 is 31.3 Å². The first-order valence-corrected chi connectivity index (χ1v) is 7.71. The largest absolute Gasteiger partial charge is 6.00 e. The average molecular weight is 384 g/mol. The molecular weight excluding hydrogens is 364 g/mol. The van der Waals surface area contributed by atoms with E-state index in [4.69, 9.17) is 14.0 Å². The van der Waals surface area contributed by atoms with Crippen LogP contribution < -0.4 is 0 Å². The first-order chi connectivity index (χ1) is 12.2. The molecule has 0 N–H and O–H groups in total. The predicted molar refractivity (Wildman–Crippen MR) is 94.9 cm³/mol. The van der Waals surface area contributed by atoms with Crippen molar-refractivity contribution in [3.8, 4) is 0 Å². The normalized spacial score (nSPS) is 14.0. The topological polar surface area (TPSA) is 59.7 Å². The summed E-state index contributed by atoms with van der Waals surface area (Å²) < 4.78 is 22.5. The van der Waals surface area contributed by atoms with Gasteiger partial charge in [-0.05, 0) is 66.5 Å². The molecule has 0 saturated carbocycles. The molecule has 126 valence electrons. The van der Waals surface area contributed by atoms with Gasteiger partial charge in [-0.2, -0.15) is 0 Å². The number of hydrogen-bond donors (Lipinski definition) is 0. The molecule has 4 bridgehead atoms. The van der Waals surface area contributed by atoms with Gasteiger partial charge in [-0.3, -0.25) is 0 Å². The minimum Gasteiger partial charge on any atom is 6.00 e. The van der Waals surface area contributed by atoms with Crippen LogP contribution in [0.4, 0.5) is 0 Å². The minimum absolute atomic E-state index is 0. The molecule has 0 atom stereocenters. The van der Waals surface area contributed by atoms with Gasteiger partial charge in [0.15, 0.2) is 0 Å². The van der Waals surface area contributed by atoms with Crippen LogP contribution >= 0.6 is 0 Å². The molecule has 4 aliphatic rings. The number of aryl methyl sites for hydroxylation is 2. The summed E-state index contributed by atoms with van der Waals surface area (Å²) in [6.45, 7) is 17.9. The van der Waals surface area contributed by atoms with E-state index in [0.29, 0.717) is 0 Å². The first kappa shape index (κ1) is 26.2. The molecule has 0 aliphatic heterocycles. The van der Waals surface area contributed by atoms with E-state index in [1.807, 2.05) is 0 Å². The number of benzene rings is 2. The zero-order valence-corrected chi connectivity index (χ0v) is 16.1. The molecule has 0 amide bonds. The molecule has 26 heavy (non-hydrogen) atoms. The van der Waals surface area contributed by atoms with Crippen LogP contribution in [-0.2, 0) is 44.2 Å². The molecule has 0 radical (unpaired) electrons. The Balaban J connectivity index is 0. The third-order valence-electron chi connectivity index (χ3n) is 4.27. The molecule has 2 aromatic rings. The zero-order chi connectivity index (χ0) is 19.2. The van der Waals surface area contributed by atoms with Crippen LogP contribution in [0.5, 0.6) is 0 Å². The van der Waals surface area contributed by atoms with Crippen molar-refractivity contribution in [1.29, 1.82) is 0 Å². The van der Waals surface area contributed by atoms with E-state index in [9.17, 15) is 0 Å². The average Bonchev–Trinajstić information content (AvgIpc) is 2.74. The van der Waals surface area contributed by atoms with Gasteiger partial charge in [0, 0.05) is 0 Å². The summed E-state index contributed by atoms with van der Waals surface area (Å²) >= 11 is 0.